The molecule has 0 aliphatic heterocycles. The van der Waals surface area contributed by atoms with Crippen LogP contribution in [0.2, 0.25) is 0 Å². The second-order valence-corrected chi connectivity index (χ2v) is 4.19. The van der Waals surface area contributed by atoms with Crippen LogP contribution in [0.25, 0.3) is 0 Å². The zero-order chi connectivity index (χ0) is 13.7. The van der Waals surface area contributed by atoms with Gasteiger partial charge in [0, 0.05) is 12.6 Å². The van der Waals surface area contributed by atoms with Gasteiger partial charge in [-0.1, -0.05) is 23.4 Å². The molecule has 0 fully saturated rings. The van der Waals surface area contributed by atoms with E-state index >= 15 is 0 Å². The maximum atomic E-state index is 11.6. The maximum Gasteiger partial charge on any atom is 0.338 e. The van der Waals surface area contributed by atoms with E-state index in [-0.39, 0.29) is 5.97 Å². The third-order valence-electron chi connectivity index (χ3n) is 2.71. The minimum atomic E-state index is -0.326. The fourth-order valence-electron chi connectivity index (χ4n) is 1.80. The van der Waals surface area contributed by atoms with Crippen molar-refractivity contribution in [2.24, 2.45) is 0 Å². The van der Waals surface area contributed by atoms with Crippen LogP contribution in [0.1, 0.15) is 27.4 Å². The Labute approximate surface area is 111 Å². The van der Waals surface area contributed by atoms with Gasteiger partial charge >= 0.3 is 5.97 Å². The maximum absolute atomic E-state index is 11.6. The summed E-state index contributed by atoms with van der Waals surface area (Å²) in [6.07, 6.45) is 0. The fraction of sp³-hybridized carbons (Fsp3) is 0.286. The molecule has 1 aromatic heterocycles. The van der Waals surface area contributed by atoms with Crippen molar-refractivity contribution in [3.8, 4) is 0 Å². The van der Waals surface area contributed by atoms with Crippen molar-refractivity contribution in [2.45, 2.75) is 20.0 Å². The van der Waals surface area contributed by atoms with Crippen molar-refractivity contribution in [3.05, 3.63) is 52.9 Å². The quantitative estimate of drug-likeness (QED) is 0.834. The van der Waals surface area contributed by atoms with Crippen molar-refractivity contribution < 1.29 is 14.1 Å². The zero-order valence-electron chi connectivity index (χ0n) is 11.0. The molecule has 19 heavy (non-hydrogen) atoms. The highest BCUT2D eigenvalue weighted by molar-refractivity contribution is 5.90. The lowest BCUT2D eigenvalue weighted by Crippen LogP contribution is -2.15. The van der Waals surface area contributed by atoms with E-state index in [1.807, 2.05) is 31.2 Å². The molecule has 0 radical (unpaired) electrons. The highest BCUT2D eigenvalue weighted by atomic mass is 16.5. The first-order valence-electron chi connectivity index (χ1n) is 6.00. The lowest BCUT2D eigenvalue weighted by molar-refractivity contribution is 0.0599. The predicted octanol–water partition coefficient (Wildman–Crippen LogP) is 2.06. The molecule has 2 aromatic rings. The first-order chi connectivity index (χ1) is 9.20. The van der Waals surface area contributed by atoms with Gasteiger partial charge in [-0.05, 0) is 18.6 Å². The molecule has 0 aliphatic rings. The highest BCUT2D eigenvalue weighted by Gasteiger charge is 2.10. The summed E-state index contributed by atoms with van der Waals surface area (Å²) in [4.78, 5) is 11.6. The summed E-state index contributed by atoms with van der Waals surface area (Å²) < 4.78 is 9.85. The van der Waals surface area contributed by atoms with Crippen LogP contribution < -0.4 is 5.32 Å². The van der Waals surface area contributed by atoms with E-state index in [4.69, 9.17) is 9.26 Å². The number of aryl methyl sites for hydroxylation is 1. The molecule has 0 spiro atoms. The van der Waals surface area contributed by atoms with Crippen LogP contribution in [0.5, 0.6) is 0 Å². The Balaban J connectivity index is 1.97. The Morgan fingerprint density at radius 1 is 1.37 bits per heavy atom. The Hall–Kier alpha value is -2.14. The number of methoxy groups -OCH3 is 1. The number of rotatable bonds is 5. The second kappa shape index (κ2) is 6.15. The van der Waals surface area contributed by atoms with Crippen molar-refractivity contribution in [3.63, 3.8) is 0 Å². The Kier molecular flexibility index (Phi) is 4.30. The monoisotopic (exact) mass is 260 g/mol. The van der Waals surface area contributed by atoms with Crippen LogP contribution in [-0.4, -0.2) is 18.2 Å². The van der Waals surface area contributed by atoms with Gasteiger partial charge in [-0.3, -0.25) is 0 Å². The molecule has 0 unspecified atom stereocenters. The number of ether oxygens (including phenoxy) is 1. The highest BCUT2D eigenvalue weighted by Crippen LogP contribution is 2.10. The summed E-state index contributed by atoms with van der Waals surface area (Å²) in [5.74, 6) is 0.445. The molecule has 0 aliphatic carbocycles. The summed E-state index contributed by atoms with van der Waals surface area (Å²) in [6.45, 7) is 3.00. The van der Waals surface area contributed by atoms with Crippen LogP contribution in [0.4, 0.5) is 0 Å². The number of carbonyl (C=O) groups is 1. The summed E-state index contributed by atoms with van der Waals surface area (Å²) in [5, 5.41) is 7.02. The van der Waals surface area contributed by atoms with Gasteiger partial charge in [-0.2, -0.15) is 0 Å². The molecule has 1 aromatic carbocycles. The molecular formula is C14H16N2O3. The minimum absolute atomic E-state index is 0.326. The SMILES string of the molecule is COC(=O)c1ccccc1CNCc1cc(C)no1. The topological polar surface area (TPSA) is 64.4 Å². The molecular weight excluding hydrogens is 244 g/mol. The van der Waals surface area contributed by atoms with E-state index in [0.29, 0.717) is 18.7 Å². The number of nitrogens with zero attached hydrogens (tertiary/aromatic N) is 1. The molecule has 0 atom stereocenters. The smallest absolute Gasteiger partial charge is 0.338 e. The Bertz CT molecular complexity index is 563. The van der Waals surface area contributed by atoms with Crippen LogP contribution in [0, 0.1) is 6.92 Å². The van der Waals surface area contributed by atoms with Crippen molar-refractivity contribution >= 4 is 5.97 Å². The molecule has 5 nitrogen and oxygen atoms in total. The van der Waals surface area contributed by atoms with Gasteiger partial charge in [0.15, 0.2) is 5.76 Å². The van der Waals surface area contributed by atoms with Gasteiger partial charge in [-0.15, -0.1) is 0 Å². The Morgan fingerprint density at radius 2 is 2.16 bits per heavy atom. The summed E-state index contributed by atoms with van der Waals surface area (Å²) in [6, 6.07) is 9.23. The molecule has 0 saturated heterocycles. The van der Waals surface area contributed by atoms with Gasteiger partial charge in [-0.25, -0.2) is 4.79 Å². The van der Waals surface area contributed by atoms with Gasteiger partial charge in [0.1, 0.15) is 0 Å². The van der Waals surface area contributed by atoms with Crippen molar-refractivity contribution in [1.82, 2.24) is 10.5 Å². The lowest BCUT2D eigenvalue weighted by Gasteiger charge is -2.08. The van der Waals surface area contributed by atoms with E-state index in [2.05, 4.69) is 10.5 Å². The largest absolute Gasteiger partial charge is 0.465 e. The van der Waals surface area contributed by atoms with E-state index in [0.717, 1.165) is 17.0 Å². The van der Waals surface area contributed by atoms with E-state index in [9.17, 15) is 4.79 Å². The van der Waals surface area contributed by atoms with Gasteiger partial charge in [0.2, 0.25) is 0 Å². The standard InChI is InChI=1S/C14H16N2O3/c1-10-7-12(19-16-10)9-15-8-11-5-3-4-6-13(11)14(17)18-2/h3-7,15H,8-9H2,1-2H3. The van der Waals surface area contributed by atoms with Crippen molar-refractivity contribution in [2.75, 3.05) is 7.11 Å². The molecule has 100 valence electrons. The third kappa shape index (κ3) is 3.42. The first kappa shape index (κ1) is 13.3. The molecule has 1 heterocycles. The average molecular weight is 260 g/mol. The van der Waals surface area contributed by atoms with Gasteiger partial charge < -0.3 is 14.6 Å². The zero-order valence-corrected chi connectivity index (χ0v) is 11.0. The van der Waals surface area contributed by atoms with Crippen LogP contribution in [-0.2, 0) is 17.8 Å². The van der Waals surface area contributed by atoms with Crippen LogP contribution in [0.3, 0.4) is 0 Å². The van der Waals surface area contributed by atoms with E-state index < -0.39 is 0 Å². The van der Waals surface area contributed by atoms with Gasteiger partial charge in [0.25, 0.3) is 0 Å². The number of hydrogen-bond acceptors (Lipinski definition) is 5. The fourth-order valence-corrected chi connectivity index (χ4v) is 1.80. The Morgan fingerprint density at radius 3 is 2.84 bits per heavy atom. The lowest BCUT2D eigenvalue weighted by atomic mass is 10.1. The number of nitrogens with one attached hydrogen (secondary N) is 1. The number of esters is 1. The summed E-state index contributed by atoms with van der Waals surface area (Å²) in [5.41, 5.74) is 2.32. The predicted molar refractivity (Wildman–Crippen MR) is 69.6 cm³/mol. The molecule has 2 rings (SSSR count). The second-order valence-electron chi connectivity index (χ2n) is 4.19. The number of benzene rings is 1. The van der Waals surface area contributed by atoms with Crippen LogP contribution >= 0.6 is 0 Å². The van der Waals surface area contributed by atoms with E-state index in [1.165, 1.54) is 7.11 Å². The number of hydrogen-bond donors (Lipinski definition) is 1. The summed E-state index contributed by atoms with van der Waals surface area (Å²) >= 11 is 0. The first-order valence-corrected chi connectivity index (χ1v) is 6.00. The van der Waals surface area contributed by atoms with E-state index in [1.54, 1.807) is 6.07 Å². The molecule has 5 heteroatoms. The molecule has 0 bridgehead atoms. The molecule has 0 saturated carbocycles. The molecule has 0 amide bonds. The van der Waals surface area contributed by atoms with Crippen LogP contribution in [0.15, 0.2) is 34.9 Å². The number of aromatic nitrogens is 1. The van der Waals surface area contributed by atoms with Crippen molar-refractivity contribution in [1.29, 1.82) is 0 Å². The summed E-state index contributed by atoms with van der Waals surface area (Å²) in [7, 11) is 1.38. The third-order valence-corrected chi connectivity index (χ3v) is 2.71. The molecule has 1 N–H and O–H groups in total. The van der Waals surface area contributed by atoms with Gasteiger partial charge in [0.05, 0.1) is 24.9 Å². The normalized spacial score (nSPS) is 10.4. The number of carbonyl (C=O) groups excluding carboxylic acids is 1. The minimum Gasteiger partial charge on any atom is -0.465 e. The average Bonchev–Trinajstić information content (AvgIpc) is 2.84.